The highest BCUT2D eigenvalue weighted by atomic mass is 32.1. The largest absolute Gasteiger partial charge is 0.505 e. The smallest absolute Gasteiger partial charge is 0.290 e. The van der Waals surface area contributed by atoms with Gasteiger partial charge in [0.1, 0.15) is 11.4 Å². The molecule has 2 heterocycles. The number of aromatic hydroxyl groups is 1. The summed E-state index contributed by atoms with van der Waals surface area (Å²) in [4.78, 5) is 40.4. The fraction of sp³-hybridized carbons (Fsp3) is 0.250. The zero-order valence-electron chi connectivity index (χ0n) is 17.1. The average Bonchev–Trinajstić information content (AvgIpc) is 3.24. The van der Waals surface area contributed by atoms with Gasteiger partial charge >= 0.3 is 0 Å². The van der Waals surface area contributed by atoms with Crippen LogP contribution in [-0.2, 0) is 20.6 Å². The lowest BCUT2D eigenvalue weighted by Crippen LogP contribution is -2.38. The van der Waals surface area contributed by atoms with E-state index in [-0.39, 0.29) is 34.3 Å². The molecule has 1 amide bonds. The molecule has 2 aromatic heterocycles. The van der Waals surface area contributed by atoms with Crippen LogP contribution in [0.2, 0.25) is 0 Å². The number of nitrogens with zero attached hydrogens (tertiary/aromatic N) is 3. The van der Waals surface area contributed by atoms with Crippen molar-refractivity contribution in [1.29, 1.82) is 0 Å². The highest BCUT2D eigenvalue weighted by Crippen LogP contribution is 2.31. The standard InChI is InChI=1S/C20H23N5O4S/c1-23(2)18(27)13-8-5-9-14(17(13)26)22-16-15(21-11-12-7-6-10-30-12)19(28)24(3)25(4)20(16)29/h5-10,21-22,26H,11H2,1-4H3. The summed E-state index contributed by atoms with van der Waals surface area (Å²) in [5, 5.41) is 18.4. The number of anilines is 3. The van der Waals surface area contributed by atoms with Gasteiger partial charge in [0.15, 0.2) is 5.75 Å². The number of benzene rings is 1. The molecule has 3 rings (SSSR count). The molecule has 0 bridgehead atoms. The number of amides is 1. The lowest BCUT2D eigenvalue weighted by molar-refractivity contribution is 0.0824. The molecule has 3 N–H and O–H groups in total. The van der Waals surface area contributed by atoms with Gasteiger partial charge < -0.3 is 20.6 Å². The Bertz CT molecular complexity index is 1200. The number of para-hydroxylation sites is 1. The summed E-state index contributed by atoms with van der Waals surface area (Å²) in [6, 6.07) is 8.42. The minimum absolute atomic E-state index is 0.0121. The summed E-state index contributed by atoms with van der Waals surface area (Å²) < 4.78 is 2.38. The summed E-state index contributed by atoms with van der Waals surface area (Å²) in [5.41, 5.74) is -0.573. The van der Waals surface area contributed by atoms with E-state index < -0.39 is 11.1 Å². The maximum absolute atomic E-state index is 12.9. The molecule has 0 fully saturated rings. The van der Waals surface area contributed by atoms with Crippen molar-refractivity contribution in [3.63, 3.8) is 0 Å². The van der Waals surface area contributed by atoms with Gasteiger partial charge in [-0.3, -0.25) is 14.4 Å². The molecule has 0 atom stereocenters. The monoisotopic (exact) mass is 429 g/mol. The molecule has 0 aliphatic heterocycles. The maximum Gasteiger partial charge on any atom is 0.290 e. The van der Waals surface area contributed by atoms with Crippen molar-refractivity contribution in [2.24, 2.45) is 14.1 Å². The lowest BCUT2D eigenvalue weighted by Gasteiger charge is -2.18. The third-order valence-corrected chi connectivity index (χ3v) is 5.54. The van der Waals surface area contributed by atoms with Crippen LogP contribution in [0.5, 0.6) is 5.75 Å². The van der Waals surface area contributed by atoms with Crippen LogP contribution in [0.1, 0.15) is 15.2 Å². The van der Waals surface area contributed by atoms with Crippen LogP contribution in [0.25, 0.3) is 0 Å². The van der Waals surface area contributed by atoms with Gasteiger partial charge in [0.25, 0.3) is 17.0 Å². The van der Waals surface area contributed by atoms with Gasteiger partial charge in [-0.1, -0.05) is 12.1 Å². The molecule has 0 aliphatic carbocycles. The van der Waals surface area contributed by atoms with E-state index in [9.17, 15) is 19.5 Å². The van der Waals surface area contributed by atoms with Crippen LogP contribution in [0.3, 0.4) is 0 Å². The molecule has 0 unspecified atom stereocenters. The Kier molecular flexibility index (Phi) is 5.97. The first-order valence-electron chi connectivity index (χ1n) is 9.09. The first-order valence-corrected chi connectivity index (χ1v) is 9.97. The Morgan fingerprint density at radius 3 is 2.33 bits per heavy atom. The van der Waals surface area contributed by atoms with Crippen LogP contribution in [0.4, 0.5) is 17.1 Å². The number of carbonyl (C=O) groups is 1. The van der Waals surface area contributed by atoms with E-state index in [2.05, 4.69) is 10.6 Å². The van der Waals surface area contributed by atoms with Crippen molar-refractivity contribution in [2.45, 2.75) is 6.54 Å². The van der Waals surface area contributed by atoms with Crippen LogP contribution >= 0.6 is 11.3 Å². The minimum atomic E-state index is -0.463. The number of hydrogen-bond donors (Lipinski definition) is 3. The normalized spacial score (nSPS) is 10.7. The second-order valence-electron chi connectivity index (χ2n) is 6.87. The molecule has 3 aromatic rings. The zero-order chi connectivity index (χ0) is 22.0. The molecule has 158 valence electrons. The fourth-order valence-electron chi connectivity index (χ4n) is 2.87. The van der Waals surface area contributed by atoms with Gasteiger partial charge in [0.05, 0.1) is 11.3 Å². The highest BCUT2D eigenvalue weighted by molar-refractivity contribution is 7.09. The van der Waals surface area contributed by atoms with Gasteiger partial charge in [0, 0.05) is 39.6 Å². The van der Waals surface area contributed by atoms with Gasteiger partial charge in [-0.25, -0.2) is 9.36 Å². The highest BCUT2D eigenvalue weighted by Gasteiger charge is 2.20. The molecule has 0 spiro atoms. The van der Waals surface area contributed by atoms with E-state index in [0.29, 0.717) is 6.54 Å². The molecule has 0 saturated heterocycles. The van der Waals surface area contributed by atoms with E-state index in [1.807, 2.05) is 17.5 Å². The number of hydrogen-bond acceptors (Lipinski definition) is 7. The third kappa shape index (κ3) is 3.94. The van der Waals surface area contributed by atoms with Crippen molar-refractivity contribution >= 4 is 34.3 Å². The first kappa shape index (κ1) is 21.2. The molecule has 1 aromatic carbocycles. The molecule has 9 nitrogen and oxygen atoms in total. The van der Waals surface area contributed by atoms with E-state index >= 15 is 0 Å². The van der Waals surface area contributed by atoms with Crippen molar-refractivity contribution in [2.75, 3.05) is 24.7 Å². The van der Waals surface area contributed by atoms with Crippen LogP contribution < -0.4 is 21.8 Å². The van der Waals surface area contributed by atoms with Gasteiger partial charge in [-0.05, 0) is 23.6 Å². The second kappa shape index (κ2) is 8.46. The maximum atomic E-state index is 12.9. The molecule has 0 aliphatic rings. The number of phenolic OH excluding ortho intramolecular Hbond substituents is 1. The summed E-state index contributed by atoms with van der Waals surface area (Å²) in [6.07, 6.45) is 0. The molecule has 30 heavy (non-hydrogen) atoms. The van der Waals surface area contributed by atoms with Crippen molar-refractivity contribution < 1.29 is 9.90 Å². The van der Waals surface area contributed by atoms with Crippen molar-refractivity contribution in [3.8, 4) is 5.75 Å². The molecule has 0 radical (unpaired) electrons. The second-order valence-corrected chi connectivity index (χ2v) is 7.90. The molecular formula is C20H23N5O4S. The lowest BCUT2D eigenvalue weighted by atomic mass is 10.1. The number of carbonyl (C=O) groups excluding carboxylic acids is 1. The number of aromatic nitrogens is 2. The van der Waals surface area contributed by atoms with Crippen LogP contribution in [0, 0.1) is 0 Å². The predicted octanol–water partition coefficient (Wildman–Crippen LogP) is 1.91. The number of phenols is 1. The predicted molar refractivity (Wildman–Crippen MR) is 118 cm³/mol. The van der Waals surface area contributed by atoms with E-state index in [1.54, 1.807) is 20.2 Å². The van der Waals surface area contributed by atoms with Gasteiger partial charge in [0.2, 0.25) is 0 Å². The van der Waals surface area contributed by atoms with Crippen molar-refractivity contribution in [3.05, 3.63) is 66.9 Å². The summed E-state index contributed by atoms with van der Waals surface area (Å²) in [6.45, 7) is 0.361. The Morgan fingerprint density at radius 2 is 1.73 bits per heavy atom. The summed E-state index contributed by atoms with van der Waals surface area (Å²) in [7, 11) is 6.12. The fourth-order valence-corrected chi connectivity index (χ4v) is 3.52. The third-order valence-electron chi connectivity index (χ3n) is 4.67. The summed E-state index contributed by atoms with van der Waals surface area (Å²) >= 11 is 1.52. The van der Waals surface area contributed by atoms with Gasteiger partial charge in [-0.15, -0.1) is 11.3 Å². The van der Waals surface area contributed by atoms with Crippen LogP contribution in [-0.4, -0.2) is 39.4 Å². The average molecular weight is 430 g/mol. The van der Waals surface area contributed by atoms with Crippen molar-refractivity contribution in [1.82, 2.24) is 14.3 Å². The first-order chi connectivity index (χ1) is 14.2. The topological polar surface area (TPSA) is 109 Å². The molecular weight excluding hydrogens is 406 g/mol. The summed E-state index contributed by atoms with van der Waals surface area (Å²) in [5.74, 6) is -0.688. The zero-order valence-corrected chi connectivity index (χ0v) is 17.9. The van der Waals surface area contributed by atoms with E-state index in [0.717, 1.165) is 4.88 Å². The number of nitrogens with one attached hydrogen (secondary N) is 2. The quantitative estimate of drug-likeness (QED) is 0.517. The van der Waals surface area contributed by atoms with Crippen LogP contribution in [0.15, 0.2) is 45.3 Å². The van der Waals surface area contributed by atoms with Gasteiger partial charge in [-0.2, -0.15) is 0 Å². The Hall–Kier alpha value is -3.53. The molecule has 10 heteroatoms. The number of thiophene rings is 1. The Labute approximate surface area is 176 Å². The Balaban J connectivity index is 2.08. The molecule has 0 saturated carbocycles. The minimum Gasteiger partial charge on any atom is -0.505 e. The SMILES string of the molecule is CN(C)C(=O)c1cccc(Nc2c(NCc3cccs3)c(=O)n(C)n(C)c2=O)c1O. The Morgan fingerprint density at radius 1 is 1.07 bits per heavy atom. The van der Waals surface area contributed by atoms with E-state index in [1.165, 1.54) is 51.8 Å². The van der Waals surface area contributed by atoms with E-state index in [4.69, 9.17) is 0 Å². The number of rotatable bonds is 6.